The van der Waals surface area contributed by atoms with Crippen molar-refractivity contribution in [1.29, 1.82) is 0 Å². The summed E-state index contributed by atoms with van der Waals surface area (Å²) in [6, 6.07) is 1.96. The molecule has 2 atom stereocenters. The lowest BCUT2D eigenvalue weighted by atomic mass is 9.79. The lowest BCUT2D eigenvalue weighted by molar-refractivity contribution is -0.0982. The van der Waals surface area contributed by atoms with Gasteiger partial charge in [-0.2, -0.15) is 0 Å². The maximum absolute atomic E-state index is 6.09. The molecule has 1 saturated heterocycles. The molecule has 1 aromatic rings. The van der Waals surface area contributed by atoms with Crippen LogP contribution in [0.1, 0.15) is 50.1 Å². The van der Waals surface area contributed by atoms with Crippen molar-refractivity contribution in [3.63, 3.8) is 0 Å². The van der Waals surface area contributed by atoms with Gasteiger partial charge < -0.3 is 9.15 Å². The van der Waals surface area contributed by atoms with Gasteiger partial charge in [0.2, 0.25) is 0 Å². The number of rotatable bonds is 3. The van der Waals surface area contributed by atoms with E-state index in [1.807, 2.05) is 6.07 Å². The van der Waals surface area contributed by atoms with Crippen LogP contribution in [0.4, 0.5) is 0 Å². The summed E-state index contributed by atoms with van der Waals surface area (Å²) in [5.41, 5.74) is 3.98. The minimum Gasteiger partial charge on any atom is -0.453 e. The van der Waals surface area contributed by atoms with Gasteiger partial charge in [-0.15, -0.1) is 0 Å². The molecule has 1 saturated carbocycles. The van der Waals surface area contributed by atoms with Crippen LogP contribution in [0.5, 0.6) is 0 Å². The van der Waals surface area contributed by atoms with Gasteiger partial charge in [-0.1, -0.05) is 12.8 Å². The number of ether oxygens (including phenoxy) is 1. The van der Waals surface area contributed by atoms with E-state index in [2.05, 4.69) is 5.43 Å². The van der Waals surface area contributed by atoms with Crippen molar-refractivity contribution < 1.29 is 9.15 Å². The zero-order chi connectivity index (χ0) is 13.3. The first-order chi connectivity index (χ1) is 9.24. The molecule has 5 heteroatoms. The number of hydrazine groups is 1. The van der Waals surface area contributed by atoms with E-state index >= 15 is 0 Å². The predicted molar refractivity (Wildman–Crippen MR) is 73.7 cm³/mol. The van der Waals surface area contributed by atoms with Crippen molar-refractivity contribution in [2.75, 3.05) is 6.61 Å². The van der Waals surface area contributed by atoms with Crippen molar-refractivity contribution >= 4 is 11.6 Å². The molecule has 19 heavy (non-hydrogen) atoms. The Labute approximate surface area is 118 Å². The van der Waals surface area contributed by atoms with Gasteiger partial charge in [-0.3, -0.25) is 11.3 Å². The highest BCUT2D eigenvalue weighted by Gasteiger charge is 2.42. The predicted octanol–water partition coefficient (Wildman–Crippen LogP) is 3.18. The zero-order valence-electron chi connectivity index (χ0n) is 11.0. The third-order valence-electron chi connectivity index (χ3n) is 4.68. The largest absolute Gasteiger partial charge is 0.453 e. The highest BCUT2D eigenvalue weighted by molar-refractivity contribution is 6.29. The van der Waals surface area contributed by atoms with Crippen LogP contribution >= 0.6 is 11.6 Å². The molecule has 2 unspecified atom stereocenters. The molecule has 0 bridgehead atoms. The van der Waals surface area contributed by atoms with E-state index in [1.165, 1.54) is 25.7 Å². The van der Waals surface area contributed by atoms with Crippen molar-refractivity contribution in [3.8, 4) is 0 Å². The average Bonchev–Trinajstić information content (AvgIpc) is 3.02. The number of hydrogen-bond donors (Lipinski definition) is 2. The Morgan fingerprint density at radius 1 is 1.42 bits per heavy atom. The molecule has 1 aromatic heterocycles. The molecule has 2 heterocycles. The van der Waals surface area contributed by atoms with Crippen molar-refractivity contribution in [2.45, 2.75) is 50.2 Å². The zero-order valence-corrected chi connectivity index (χ0v) is 11.8. The minimum atomic E-state index is 0.0487. The van der Waals surface area contributed by atoms with E-state index in [0.29, 0.717) is 11.1 Å². The minimum absolute atomic E-state index is 0.0487. The second-order valence-electron chi connectivity index (χ2n) is 5.79. The van der Waals surface area contributed by atoms with Crippen LogP contribution in [0.3, 0.4) is 0 Å². The molecule has 0 aromatic carbocycles. The van der Waals surface area contributed by atoms with E-state index < -0.39 is 0 Å². The van der Waals surface area contributed by atoms with Crippen LogP contribution in [-0.4, -0.2) is 12.2 Å². The first kappa shape index (κ1) is 13.4. The second-order valence-corrected chi connectivity index (χ2v) is 6.13. The van der Waals surface area contributed by atoms with Crippen LogP contribution in [0.25, 0.3) is 0 Å². The Morgan fingerprint density at radius 2 is 2.21 bits per heavy atom. The topological polar surface area (TPSA) is 60.4 Å². The molecule has 3 N–H and O–H groups in total. The van der Waals surface area contributed by atoms with Gasteiger partial charge in [-0.25, -0.2) is 0 Å². The summed E-state index contributed by atoms with van der Waals surface area (Å²) in [6.45, 7) is 0.818. The molecule has 106 valence electrons. The molecule has 4 nitrogen and oxygen atoms in total. The maximum Gasteiger partial charge on any atom is 0.197 e. The van der Waals surface area contributed by atoms with Crippen LogP contribution < -0.4 is 11.3 Å². The van der Waals surface area contributed by atoms with E-state index in [9.17, 15) is 0 Å². The second kappa shape index (κ2) is 5.44. The quantitative estimate of drug-likeness (QED) is 0.661. The molecular weight excluding hydrogens is 264 g/mol. The summed E-state index contributed by atoms with van der Waals surface area (Å²) in [5.74, 6) is 6.21. The Kier molecular flexibility index (Phi) is 3.85. The smallest absolute Gasteiger partial charge is 0.197 e. The van der Waals surface area contributed by atoms with Gasteiger partial charge in [0.15, 0.2) is 5.22 Å². The van der Waals surface area contributed by atoms with Crippen LogP contribution in [-0.2, 0) is 4.74 Å². The normalized spacial score (nSPS) is 27.8. The molecule has 1 aliphatic carbocycles. The Balaban J connectivity index is 1.78. The Hall–Kier alpha value is -0.550. The standard InChI is InChI=1S/C14H21ClN2O2/c15-13-11(4-7-18-13)12(17-16)10-3-8-19-14(9-10)5-1-2-6-14/h4,7,10,12,17H,1-3,5-6,8-9,16H2. The third kappa shape index (κ3) is 2.55. The van der Waals surface area contributed by atoms with Gasteiger partial charge in [0.1, 0.15) is 0 Å². The van der Waals surface area contributed by atoms with E-state index in [1.54, 1.807) is 6.26 Å². The number of nitrogens with two attached hydrogens (primary N) is 1. The summed E-state index contributed by atoms with van der Waals surface area (Å²) in [6.07, 6.45) is 8.60. The average molecular weight is 285 g/mol. The SMILES string of the molecule is NNC(c1ccoc1Cl)C1CCOC2(CCCC2)C1. The number of furan rings is 1. The fraction of sp³-hybridized carbons (Fsp3) is 0.714. The van der Waals surface area contributed by atoms with Crippen molar-refractivity contribution in [1.82, 2.24) is 5.43 Å². The van der Waals surface area contributed by atoms with E-state index in [4.69, 9.17) is 26.6 Å². The van der Waals surface area contributed by atoms with E-state index in [-0.39, 0.29) is 11.6 Å². The molecule has 2 fully saturated rings. The van der Waals surface area contributed by atoms with Crippen LogP contribution in [0.15, 0.2) is 16.7 Å². The lowest BCUT2D eigenvalue weighted by Gasteiger charge is -2.41. The van der Waals surface area contributed by atoms with Gasteiger partial charge >= 0.3 is 0 Å². The number of nitrogens with one attached hydrogen (secondary N) is 1. The summed E-state index contributed by atoms with van der Waals surface area (Å²) < 4.78 is 11.3. The fourth-order valence-electron chi connectivity index (χ4n) is 3.72. The molecule has 1 spiro atoms. The van der Waals surface area contributed by atoms with Gasteiger partial charge in [-0.05, 0) is 49.3 Å². The Morgan fingerprint density at radius 3 is 2.84 bits per heavy atom. The number of halogens is 1. The summed E-state index contributed by atoms with van der Waals surface area (Å²) in [5, 5.41) is 0.440. The maximum atomic E-state index is 6.09. The molecule has 0 amide bonds. The van der Waals surface area contributed by atoms with Crippen LogP contribution in [0.2, 0.25) is 5.22 Å². The summed E-state index contributed by atoms with van der Waals surface area (Å²) >= 11 is 6.09. The van der Waals surface area contributed by atoms with Crippen molar-refractivity contribution in [2.24, 2.45) is 11.8 Å². The Bertz CT molecular complexity index is 429. The fourth-order valence-corrected chi connectivity index (χ4v) is 3.96. The monoisotopic (exact) mass is 284 g/mol. The molecule has 3 rings (SSSR count). The van der Waals surface area contributed by atoms with Gasteiger partial charge in [0, 0.05) is 12.2 Å². The van der Waals surface area contributed by atoms with Gasteiger partial charge in [0.05, 0.1) is 17.9 Å². The van der Waals surface area contributed by atoms with Gasteiger partial charge in [0.25, 0.3) is 0 Å². The third-order valence-corrected chi connectivity index (χ3v) is 4.99. The molecule has 1 aliphatic heterocycles. The molecule has 0 radical (unpaired) electrons. The summed E-state index contributed by atoms with van der Waals surface area (Å²) in [7, 11) is 0. The molecule has 2 aliphatic rings. The molecular formula is C14H21ClN2O2. The van der Waals surface area contributed by atoms with Crippen LogP contribution in [0, 0.1) is 5.92 Å². The first-order valence-electron chi connectivity index (χ1n) is 7.07. The van der Waals surface area contributed by atoms with E-state index in [0.717, 1.165) is 25.0 Å². The lowest BCUT2D eigenvalue weighted by Crippen LogP contribution is -2.43. The first-order valence-corrected chi connectivity index (χ1v) is 7.45. The van der Waals surface area contributed by atoms with Crippen molar-refractivity contribution in [3.05, 3.63) is 23.1 Å². The number of hydrogen-bond acceptors (Lipinski definition) is 4. The highest BCUT2D eigenvalue weighted by Crippen LogP contribution is 2.45. The highest BCUT2D eigenvalue weighted by atomic mass is 35.5. The summed E-state index contributed by atoms with van der Waals surface area (Å²) in [4.78, 5) is 0.